The summed E-state index contributed by atoms with van der Waals surface area (Å²) in [7, 11) is -9.87. The highest BCUT2D eigenvalue weighted by molar-refractivity contribution is 7.47. The standard InChI is InChI=1S/C60H116O17P2/c1-8-12-13-24-34-41-57(62)70-47-55(77-60(65)44-37-30-23-22-27-33-40-53(7)11-4)49-74-78(66,67)72-45-54(61)46-73-79(68,69)75-50-56(76-59(64)43-36-29-21-17-15-19-26-32-39-52(6)10-3)48-71-58(63)42-35-28-20-16-14-18-25-31-38-51(5)9-2/h51-56,61H,8-50H2,1-7H3,(H,66,67)(H,68,69)/t51?,52?,53?,54-,55+,56+/m0/s1. The zero-order chi connectivity index (χ0) is 58.8. The summed E-state index contributed by atoms with van der Waals surface area (Å²) in [6.07, 6.45) is 31.0. The topological polar surface area (TPSA) is 237 Å². The van der Waals surface area contributed by atoms with E-state index in [0.717, 1.165) is 114 Å². The molecule has 0 spiro atoms. The van der Waals surface area contributed by atoms with E-state index < -0.39 is 97.5 Å². The summed E-state index contributed by atoms with van der Waals surface area (Å²) in [5.41, 5.74) is 0. The van der Waals surface area contributed by atoms with E-state index in [1.165, 1.54) is 89.9 Å². The molecule has 0 aliphatic carbocycles. The van der Waals surface area contributed by atoms with Gasteiger partial charge >= 0.3 is 39.5 Å². The maximum atomic E-state index is 12.9. The minimum Gasteiger partial charge on any atom is -0.462 e. The van der Waals surface area contributed by atoms with Crippen LogP contribution in [0.2, 0.25) is 0 Å². The van der Waals surface area contributed by atoms with Crippen molar-refractivity contribution in [3.63, 3.8) is 0 Å². The van der Waals surface area contributed by atoms with Gasteiger partial charge in [0.05, 0.1) is 26.4 Å². The smallest absolute Gasteiger partial charge is 0.462 e. The Labute approximate surface area is 479 Å². The number of phosphoric acid groups is 2. The lowest BCUT2D eigenvalue weighted by molar-refractivity contribution is -0.161. The minimum absolute atomic E-state index is 0.101. The number of carbonyl (C=O) groups is 4. The normalized spacial score (nSPS) is 15.5. The Kier molecular flexibility index (Phi) is 50.4. The molecule has 468 valence electrons. The molecule has 0 rings (SSSR count). The van der Waals surface area contributed by atoms with Crippen LogP contribution in [-0.2, 0) is 65.4 Å². The summed E-state index contributed by atoms with van der Waals surface area (Å²) in [4.78, 5) is 71.8. The highest BCUT2D eigenvalue weighted by Crippen LogP contribution is 2.45. The Bertz CT molecular complexity index is 1590. The molecule has 0 aliphatic rings. The number of hydrogen-bond donors (Lipinski definition) is 3. The number of aliphatic hydroxyl groups excluding tert-OH is 1. The molecule has 79 heavy (non-hydrogen) atoms. The van der Waals surface area contributed by atoms with Gasteiger partial charge in [-0.15, -0.1) is 0 Å². The van der Waals surface area contributed by atoms with Crippen LogP contribution >= 0.6 is 15.6 Å². The highest BCUT2D eigenvalue weighted by atomic mass is 31.2. The number of esters is 4. The van der Waals surface area contributed by atoms with Crippen molar-refractivity contribution in [2.75, 3.05) is 39.6 Å². The zero-order valence-corrected chi connectivity index (χ0v) is 52.6. The van der Waals surface area contributed by atoms with Crippen molar-refractivity contribution in [1.82, 2.24) is 0 Å². The second-order valence-electron chi connectivity index (χ2n) is 22.5. The fraction of sp³-hybridized carbons (Fsp3) is 0.933. The van der Waals surface area contributed by atoms with Crippen molar-refractivity contribution in [2.24, 2.45) is 17.8 Å². The van der Waals surface area contributed by atoms with E-state index in [9.17, 15) is 43.2 Å². The lowest BCUT2D eigenvalue weighted by Gasteiger charge is -2.21. The van der Waals surface area contributed by atoms with Gasteiger partial charge in [-0.3, -0.25) is 37.3 Å². The van der Waals surface area contributed by atoms with Gasteiger partial charge in [0.25, 0.3) is 0 Å². The first kappa shape index (κ1) is 77.1. The van der Waals surface area contributed by atoms with Gasteiger partial charge in [0.15, 0.2) is 12.2 Å². The van der Waals surface area contributed by atoms with Crippen LogP contribution in [0.5, 0.6) is 0 Å². The predicted molar refractivity (Wildman–Crippen MR) is 312 cm³/mol. The Morgan fingerprint density at radius 1 is 0.354 bits per heavy atom. The van der Waals surface area contributed by atoms with Gasteiger partial charge < -0.3 is 33.8 Å². The predicted octanol–water partition coefficient (Wildman–Crippen LogP) is 15.9. The van der Waals surface area contributed by atoms with Crippen molar-refractivity contribution < 1.29 is 80.2 Å². The molecule has 8 atom stereocenters. The fourth-order valence-corrected chi connectivity index (χ4v) is 10.3. The number of phosphoric ester groups is 2. The zero-order valence-electron chi connectivity index (χ0n) is 50.8. The molecule has 0 aromatic heterocycles. The molecule has 0 heterocycles. The number of unbranched alkanes of at least 4 members (excludes halogenated alkanes) is 23. The van der Waals surface area contributed by atoms with Gasteiger partial charge in [-0.05, 0) is 43.4 Å². The van der Waals surface area contributed by atoms with E-state index in [-0.39, 0.29) is 25.7 Å². The van der Waals surface area contributed by atoms with Gasteiger partial charge in [0, 0.05) is 25.7 Å². The van der Waals surface area contributed by atoms with E-state index in [4.69, 9.17) is 37.0 Å². The molecule has 0 bridgehead atoms. The SMILES string of the molecule is CCCCCCCC(=O)OC[C@H](COP(=O)(O)OC[C@H](O)COP(=O)(O)OC[C@@H](COC(=O)CCCCCCCCCCC(C)CC)OC(=O)CCCCCCCCCCC(C)CC)OC(=O)CCCCCCCCC(C)CC. The second-order valence-corrected chi connectivity index (χ2v) is 25.4. The number of hydrogen-bond acceptors (Lipinski definition) is 15. The fourth-order valence-electron chi connectivity index (χ4n) is 8.68. The quantitative estimate of drug-likeness (QED) is 0.0222. The first-order valence-electron chi connectivity index (χ1n) is 31.5. The van der Waals surface area contributed by atoms with E-state index in [0.29, 0.717) is 25.7 Å². The van der Waals surface area contributed by atoms with Crippen LogP contribution < -0.4 is 0 Å². The molecule has 5 unspecified atom stereocenters. The summed E-state index contributed by atoms with van der Waals surface area (Å²) in [6, 6.07) is 0. The van der Waals surface area contributed by atoms with Crippen molar-refractivity contribution in [1.29, 1.82) is 0 Å². The molecular weight excluding hydrogens is 1050 g/mol. The molecule has 0 fully saturated rings. The van der Waals surface area contributed by atoms with E-state index in [1.54, 1.807) is 0 Å². The first-order valence-corrected chi connectivity index (χ1v) is 34.5. The average molecular weight is 1170 g/mol. The Morgan fingerprint density at radius 3 is 0.899 bits per heavy atom. The Balaban J connectivity index is 5.21. The summed E-state index contributed by atoms with van der Waals surface area (Å²) in [6.45, 7) is 11.6. The molecule has 0 aromatic rings. The number of rotatable bonds is 58. The minimum atomic E-state index is -4.94. The molecule has 0 saturated carbocycles. The summed E-state index contributed by atoms with van der Waals surface area (Å²) in [5, 5.41) is 10.5. The van der Waals surface area contributed by atoms with Crippen molar-refractivity contribution >= 4 is 39.5 Å². The lowest BCUT2D eigenvalue weighted by atomic mass is 9.99. The van der Waals surface area contributed by atoms with Crippen LogP contribution in [0, 0.1) is 17.8 Å². The summed E-state index contributed by atoms with van der Waals surface area (Å²) >= 11 is 0. The van der Waals surface area contributed by atoms with Crippen LogP contribution in [0.4, 0.5) is 0 Å². The number of aliphatic hydroxyl groups is 1. The lowest BCUT2D eigenvalue weighted by Crippen LogP contribution is -2.30. The first-order chi connectivity index (χ1) is 37.8. The molecule has 0 saturated heterocycles. The molecule has 0 amide bonds. The summed E-state index contributed by atoms with van der Waals surface area (Å²) < 4.78 is 67.6. The van der Waals surface area contributed by atoms with Crippen molar-refractivity contribution in [3.8, 4) is 0 Å². The van der Waals surface area contributed by atoms with Crippen molar-refractivity contribution in [2.45, 2.75) is 304 Å². The van der Waals surface area contributed by atoms with E-state index in [2.05, 4.69) is 48.5 Å². The van der Waals surface area contributed by atoms with Crippen LogP contribution in [0.25, 0.3) is 0 Å². The number of ether oxygens (including phenoxy) is 4. The van der Waals surface area contributed by atoms with Gasteiger partial charge in [-0.25, -0.2) is 9.13 Å². The van der Waals surface area contributed by atoms with E-state index in [1.807, 2.05) is 0 Å². The van der Waals surface area contributed by atoms with Crippen LogP contribution in [-0.4, -0.2) is 96.7 Å². The van der Waals surface area contributed by atoms with Crippen molar-refractivity contribution in [3.05, 3.63) is 0 Å². The molecule has 0 aromatic carbocycles. The van der Waals surface area contributed by atoms with Gasteiger partial charge in [0.2, 0.25) is 0 Å². The van der Waals surface area contributed by atoms with Gasteiger partial charge in [-0.2, -0.15) is 0 Å². The molecule has 0 radical (unpaired) electrons. The third kappa shape index (κ3) is 51.4. The van der Waals surface area contributed by atoms with Gasteiger partial charge in [-0.1, -0.05) is 235 Å². The highest BCUT2D eigenvalue weighted by Gasteiger charge is 2.30. The largest absolute Gasteiger partial charge is 0.472 e. The molecule has 0 aliphatic heterocycles. The van der Waals surface area contributed by atoms with Gasteiger partial charge in [0.1, 0.15) is 19.3 Å². The third-order valence-electron chi connectivity index (χ3n) is 14.7. The van der Waals surface area contributed by atoms with Crippen LogP contribution in [0.3, 0.4) is 0 Å². The maximum Gasteiger partial charge on any atom is 0.472 e. The third-order valence-corrected chi connectivity index (χ3v) is 16.6. The van der Waals surface area contributed by atoms with Crippen LogP contribution in [0.1, 0.15) is 286 Å². The maximum absolute atomic E-state index is 12.9. The Morgan fingerprint density at radius 2 is 0.608 bits per heavy atom. The molecule has 3 N–H and O–H groups in total. The molecule has 19 heteroatoms. The van der Waals surface area contributed by atoms with E-state index >= 15 is 0 Å². The van der Waals surface area contributed by atoms with Crippen LogP contribution in [0.15, 0.2) is 0 Å². The monoisotopic (exact) mass is 1170 g/mol. The Hall–Kier alpha value is -1.94. The summed E-state index contributed by atoms with van der Waals surface area (Å²) in [5.74, 6) is 0.112. The second kappa shape index (κ2) is 51.7. The number of carbonyl (C=O) groups excluding carboxylic acids is 4. The molecule has 17 nitrogen and oxygen atoms in total. The molecular formula is C60H116O17P2. The average Bonchev–Trinajstić information content (AvgIpc) is 3.42.